The Balaban J connectivity index is 0.000000230. The van der Waals surface area contributed by atoms with Crippen molar-refractivity contribution in [1.29, 1.82) is 0 Å². The third-order valence-electron chi connectivity index (χ3n) is 5.65. The zero-order valence-electron chi connectivity index (χ0n) is 23.6. The molecule has 0 N–H and O–H groups in total. The summed E-state index contributed by atoms with van der Waals surface area (Å²) in [6.07, 6.45) is 0. The minimum absolute atomic E-state index is 0.342. The highest BCUT2D eigenvalue weighted by Gasteiger charge is 2.14. The molecule has 4 aromatic carbocycles. The van der Waals surface area contributed by atoms with Crippen molar-refractivity contribution < 1.29 is 28.5 Å². The summed E-state index contributed by atoms with van der Waals surface area (Å²) in [5.41, 5.74) is 3.67. The number of benzene rings is 4. The van der Waals surface area contributed by atoms with E-state index in [0.29, 0.717) is 11.5 Å². The quantitative estimate of drug-likeness (QED) is 0.0769. The Bertz CT molecular complexity index is 1410. The van der Waals surface area contributed by atoms with Gasteiger partial charge < -0.3 is 18.9 Å². The van der Waals surface area contributed by atoms with Crippen LogP contribution in [0.25, 0.3) is 18.7 Å². The molecule has 0 saturated heterocycles. The average molecular weight is 788 g/mol. The summed E-state index contributed by atoms with van der Waals surface area (Å²) < 4.78 is 22.9. The second kappa shape index (κ2) is 16.7. The Hall–Kier alpha value is -3.64. The van der Waals surface area contributed by atoms with E-state index in [1.54, 1.807) is 14.2 Å². The van der Waals surface area contributed by atoms with Gasteiger partial charge in [-0.3, -0.25) is 9.59 Å². The lowest BCUT2D eigenvalue weighted by Crippen LogP contribution is -2.00. The van der Waals surface area contributed by atoms with Crippen molar-refractivity contribution in [3.63, 3.8) is 0 Å². The fourth-order valence-corrected chi connectivity index (χ4v) is 5.23. The van der Waals surface area contributed by atoms with E-state index < -0.39 is 0 Å². The maximum absolute atomic E-state index is 11.4. The molecule has 0 saturated carbocycles. The van der Waals surface area contributed by atoms with Gasteiger partial charge in [-0.05, 0) is 105 Å². The second-order valence-corrected chi connectivity index (χ2v) is 10.8. The lowest BCUT2D eigenvalue weighted by molar-refractivity contribution is -0.135. The Morgan fingerprint density at radius 2 is 0.786 bits per heavy atom. The molecule has 0 atom stereocenters. The molecular weight excluding hydrogens is 758 g/mol. The van der Waals surface area contributed by atoms with Gasteiger partial charge >= 0.3 is 11.9 Å². The van der Waals surface area contributed by atoms with E-state index in [4.69, 9.17) is 18.9 Å². The molecule has 0 aliphatic rings. The molecule has 8 heteroatoms. The van der Waals surface area contributed by atoms with Crippen LogP contribution in [0.1, 0.15) is 36.1 Å². The smallest absolute Gasteiger partial charge is 0.308 e. The van der Waals surface area contributed by atoms with E-state index in [9.17, 15) is 9.59 Å². The van der Waals surface area contributed by atoms with Crippen LogP contribution in [0.2, 0.25) is 0 Å². The molecule has 0 unspecified atom stereocenters. The van der Waals surface area contributed by atoms with Gasteiger partial charge in [0.25, 0.3) is 0 Å². The van der Waals surface area contributed by atoms with Gasteiger partial charge in [0.2, 0.25) is 0 Å². The number of carbonyl (C=O) groups excluding carboxylic acids is 2. The number of rotatable bonds is 8. The van der Waals surface area contributed by atoms with Crippen LogP contribution in [0.5, 0.6) is 11.5 Å². The number of carbonyl (C=O) groups is 2. The van der Waals surface area contributed by atoms with E-state index in [0.717, 1.165) is 40.9 Å². The van der Waals surface area contributed by atoms with Crippen molar-refractivity contribution in [2.24, 2.45) is 0 Å². The SMILES string of the molecule is COc1ccc(/C(OC(C)=O)=C(/I)c2ccccc2)cc1.COc1ccc(/C(OC(C)=O)=C(/I)c2ccccc2)cc1. The summed E-state index contributed by atoms with van der Waals surface area (Å²) in [7, 11) is 3.23. The van der Waals surface area contributed by atoms with Crippen molar-refractivity contribution >= 4 is 75.8 Å². The monoisotopic (exact) mass is 788 g/mol. The van der Waals surface area contributed by atoms with Crippen LogP contribution in [-0.4, -0.2) is 26.2 Å². The van der Waals surface area contributed by atoms with Crippen LogP contribution >= 0.6 is 45.2 Å². The Morgan fingerprint density at radius 1 is 0.476 bits per heavy atom. The summed E-state index contributed by atoms with van der Waals surface area (Å²) in [5.74, 6) is 1.94. The molecule has 0 aliphatic heterocycles. The molecule has 0 heterocycles. The number of methoxy groups -OCH3 is 2. The lowest BCUT2D eigenvalue weighted by atomic mass is 10.1. The number of hydrogen-bond donors (Lipinski definition) is 0. The molecule has 0 aliphatic carbocycles. The molecule has 4 aromatic rings. The molecular formula is C34H30I2O6. The van der Waals surface area contributed by atoms with Crippen molar-refractivity contribution in [2.75, 3.05) is 14.2 Å². The van der Waals surface area contributed by atoms with E-state index in [1.165, 1.54) is 13.8 Å². The molecule has 0 aromatic heterocycles. The Kier molecular flexibility index (Phi) is 13.1. The maximum Gasteiger partial charge on any atom is 0.308 e. The van der Waals surface area contributed by atoms with E-state index in [1.807, 2.05) is 109 Å². The first kappa shape index (κ1) is 32.9. The summed E-state index contributed by atoms with van der Waals surface area (Å²) in [4.78, 5) is 22.8. The van der Waals surface area contributed by atoms with Crippen LogP contribution in [0.3, 0.4) is 0 Å². The lowest BCUT2D eigenvalue weighted by Gasteiger charge is -2.12. The highest BCUT2D eigenvalue weighted by molar-refractivity contribution is 14.1. The van der Waals surface area contributed by atoms with Gasteiger partial charge in [0.05, 0.1) is 21.4 Å². The van der Waals surface area contributed by atoms with Crippen molar-refractivity contribution in [1.82, 2.24) is 0 Å². The molecule has 216 valence electrons. The van der Waals surface area contributed by atoms with Crippen LogP contribution in [0.15, 0.2) is 109 Å². The van der Waals surface area contributed by atoms with Gasteiger partial charge in [-0.1, -0.05) is 60.7 Å². The average Bonchev–Trinajstić information content (AvgIpc) is 3.03. The largest absolute Gasteiger partial charge is 0.497 e. The van der Waals surface area contributed by atoms with Gasteiger partial charge in [0.1, 0.15) is 11.5 Å². The number of halogens is 2. The first-order chi connectivity index (χ1) is 20.2. The fraction of sp³-hybridized carbons (Fsp3) is 0.118. The van der Waals surface area contributed by atoms with E-state index in [-0.39, 0.29) is 11.9 Å². The topological polar surface area (TPSA) is 71.1 Å². The van der Waals surface area contributed by atoms with Crippen LogP contribution in [0, 0.1) is 0 Å². The minimum atomic E-state index is -0.342. The van der Waals surface area contributed by atoms with Crippen LogP contribution in [-0.2, 0) is 19.1 Å². The number of esters is 2. The third-order valence-corrected chi connectivity index (χ3v) is 7.87. The van der Waals surface area contributed by atoms with Gasteiger partial charge in [-0.2, -0.15) is 0 Å². The van der Waals surface area contributed by atoms with Gasteiger partial charge in [0, 0.05) is 25.0 Å². The summed E-state index contributed by atoms with van der Waals surface area (Å²) >= 11 is 4.39. The van der Waals surface area contributed by atoms with Crippen molar-refractivity contribution in [3.8, 4) is 11.5 Å². The molecule has 4 rings (SSSR count). The highest BCUT2D eigenvalue weighted by Crippen LogP contribution is 2.34. The molecule has 0 radical (unpaired) electrons. The van der Waals surface area contributed by atoms with E-state index >= 15 is 0 Å². The maximum atomic E-state index is 11.4. The van der Waals surface area contributed by atoms with Crippen LogP contribution < -0.4 is 9.47 Å². The molecule has 0 bridgehead atoms. The normalized spacial score (nSPS) is 11.6. The standard InChI is InChI=1S/2C17H15IO3/c2*1-12(19)21-17(14-8-10-15(20-2)11-9-14)16(18)13-6-4-3-5-7-13/h2*3-11H,1-2H3/b2*17-16-. The van der Waals surface area contributed by atoms with E-state index in [2.05, 4.69) is 45.2 Å². The first-order valence-electron chi connectivity index (χ1n) is 12.8. The highest BCUT2D eigenvalue weighted by atomic mass is 127. The summed E-state index contributed by atoms with van der Waals surface area (Å²) in [5, 5.41) is 0. The van der Waals surface area contributed by atoms with Crippen molar-refractivity contribution in [2.45, 2.75) is 13.8 Å². The number of hydrogen-bond acceptors (Lipinski definition) is 6. The molecule has 0 fully saturated rings. The minimum Gasteiger partial charge on any atom is -0.497 e. The van der Waals surface area contributed by atoms with Gasteiger partial charge in [-0.25, -0.2) is 0 Å². The first-order valence-corrected chi connectivity index (χ1v) is 14.9. The molecule has 0 spiro atoms. The molecule has 6 nitrogen and oxygen atoms in total. The summed E-state index contributed by atoms with van der Waals surface area (Å²) in [6, 6.07) is 34.5. The predicted molar refractivity (Wildman–Crippen MR) is 184 cm³/mol. The van der Waals surface area contributed by atoms with Gasteiger partial charge in [-0.15, -0.1) is 0 Å². The Labute approximate surface area is 273 Å². The van der Waals surface area contributed by atoms with Crippen LogP contribution in [0.4, 0.5) is 0 Å². The summed E-state index contributed by atoms with van der Waals surface area (Å²) in [6.45, 7) is 2.80. The zero-order valence-corrected chi connectivity index (χ0v) is 27.9. The molecule has 0 amide bonds. The zero-order chi connectivity index (χ0) is 30.5. The number of ether oxygens (including phenoxy) is 4. The third kappa shape index (κ3) is 9.73. The Morgan fingerprint density at radius 3 is 1.05 bits per heavy atom. The van der Waals surface area contributed by atoms with Gasteiger partial charge in [0.15, 0.2) is 11.5 Å². The second-order valence-electron chi connectivity index (χ2n) is 8.66. The molecule has 42 heavy (non-hydrogen) atoms. The predicted octanol–water partition coefficient (Wildman–Crippen LogP) is 9.04. The van der Waals surface area contributed by atoms with Crippen molar-refractivity contribution in [3.05, 3.63) is 131 Å². The fourth-order valence-electron chi connectivity index (χ4n) is 3.66.